The predicted octanol–water partition coefficient (Wildman–Crippen LogP) is 2.12. The van der Waals surface area contributed by atoms with Gasteiger partial charge in [-0.1, -0.05) is 18.2 Å². The molecule has 5 nitrogen and oxygen atoms in total. The second kappa shape index (κ2) is 3.96. The Kier molecular flexibility index (Phi) is 2.30. The van der Waals surface area contributed by atoms with Gasteiger partial charge in [0.15, 0.2) is 11.3 Å². The first-order chi connectivity index (χ1) is 8.75. The monoisotopic (exact) mass is 239 g/mol. The van der Waals surface area contributed by atoms with Crippen LogP contribution in [-0.2, 0) is 0 Å². The standard InChI is InChI=1S/C13H9N3O2/c17-13(18)11-7-6-9-8-14-16(12(9)15-11)10-4-2-1-3-5-10/h1-8H,(H,17,18). The number of rotatable bonds is 2. The molecule has 0 saturated heterocycles. The molecule has 3 aromatic rings. The molecule has 0 atom stereocenters. The Labute approximate surface area is 102 Å². The van der Waals surface area contributed by atoms with Gasteiger partial charge in [-0.15, -0.1) is 0 Å². The van der Waals surface area contributed by atoms with Gasteiger partial charge >= 0.3 is 5.97 Å². The molecule has 88 valence electrons. The van der Waals surface area contributed by atoms with Gasteiger partial charge in [-0.05, 0) is 24.3 Å². The van der Waals surface area contributed by atoms with Crippen LogP contribution >= 0.6 is 0 Å². The average Bonchev–Trinajstić information content (AvgIpc) is 2.82. The summed E-state index contributed by atoms with van der Waals surface area (Å²) in [5.74, 6) is -1.04. The minimum atomic E-state index is -1.04. The number of hydrogen-bond acceptors (Lipinski definition) is 3. The van der Waals surface area contributed by atoms with Crippen LogP contribution in [0.3, 0.4) is 0 Å². The number of carbonyl (C=O) groups is 1. The average molecular weight is 239 g/mol. The van der Waals surface area contributed by atoms with E-state index in [9.17, 15) is 4.79 Å². The molecule has 0 spiro atoms. The van der Waals surface area contributed by atoms with Crippen molar-refractivity contribution in [3.63, 3.8) is 0 Å². The lowest BCUT2D eigenvalue weighted by Gasteiger charge is -2.02. The number of carboxylic acid groups (broad SMARTS) is 1. The van der Waals surface area contributed by atoms with Crippen LogP contribution in [0.15, 0.2) is 48.7 Å². The van der Waals surface area contributed by atoms with Crippen molar-refractivity contribution in [2.45, 2.75) is 0 Å². The summed E-state index contributed by atoms with van der Waals surface area (Å²) < 4.78 is 1.63. The van der Waals surface area contributed by atoms with Crippen LogP contribution in [0, 0.1) is 0 Å². The van der Waals surface area contributed by atoms with Crippen molar-refractivity contribution in [2.75, 3.05) is 0 Å². The third kappa shape index (κ3) is 1.62. The normalized spacial score (nSPS) is 10.7. The van der Waals surface area contributed by atoms with Crippen molar-refractivity contribution < 1.29 is 9.90 Å². The highest BCUT2D eigenvalue weighted by molar-refractivity contribution is 5.89. The molecule has 0 amide bonds. The Bertz CT molecular complexity index is 719. The van der Waals surface area contributed by atoms with Crippen LogP contribution in [-0.4, -0.2) is 25.8 Å². The molecule has 1 N–H and O–H groups in total. The van der Waals surface area contributed by atoms with Crippen LogP contribution in [0.4, 0.5) is 0 Å². The first kappa shape index (κ1) is 10.5. The molecule has 0 aliphatic carbocycles. The highest BCUT2D eigenvalue weighted by Crippen LogP contribution is 2.16. The quantitative estimate of drug-likeness (QED) is 0.743. The Hall–Kier alpha value is -2.69. The zero-order valence-corrected chi connectivity index (χ0v) is 9.32. The lowest BCUT2D eigenvalue weighted by Crippen LogP contribution is -2.03. The van der Waals surface area contributed by atoms with Crippen molar-refractivity contribution in [3.05, 3.63) is 54.4 Å². The molecule has 2 heterocycles. The number of para-hydroxylation sites is 1. The van der Waals surface area contributed by atoms with Crippen molar-refractivity contribution in [2.24, 2.45) is 0 Å². The van der Waals surface area contributed by atoms with E-state index in [1.165, 1.54) is 6.07 Å². The smallest absolute Gasteiger partial charge is 0.354 e. The zero-order chi connectivity index (χ0) is 12.5. The lowest BCUT2D eigenvalue weighted by molar-refractivity contribution is 0.0691. The van der Waals surface area contributed by atoms with E-state index in [1.807, 2.05) is 30.3 Å². The van der Waals surface area contributed by atoms with Crippen LogP contribution in [0.5, 0.6) is 0 Å². The maximum absolute atomic E-state index is 10.9. The number of benzene rings is 1. The highest BCUT2D eigenvalue weighted by atomic mass is 16.4. The summed E-state index contributed by atoms with van der Waals surface area (Å²) in [4.78, 5) is 15.0. The van der Waals surface area contributed by atoms with E-state index in [0.717, 1.165) is 11.1 Å². The molecule has 0 radical (unpaired) electrons. The maximum Gasteiger partial charge on any atom is 0.354 e. The van der Waals surface area contributed by atoms with Gasteiger partial charge in [0.2, 0.25) is 0 Å². The van der Waals surface area contributed by atoms with E-state index in [1.54, 1.807) is 16.9 Å². The van der Waals surface area contributed by atoms with Gasteiger partial charge in [0.05, 0.1) is 11.9 Å². The molecule has 2 aromatic heterocycles. The van der Waals surface area contributed by atoms with Gasteiger partial charge in [0, 0.05) is 5.39 Å². The first-order valence-corrected chi connectivity index (χ1v) is 5.39. The van der Waals surface area contributed by atoms with Gasteiger partial charge in [-0.2, -0.15) is 5.10 Å². The fourth-order valence-corrected chi connectivity index (χ4v) is 1.78. The molecular weight excluding hydrogens is 230 g/mol. The van der Waals surface area contributed by atoms with E-state index < -0.39 is 5.97 Å². The molecule has 0 unspecified atom stereocenters. The topological polar surface area (TPSA) is 68.0 Å². The van der Waals surface area contributed by atoms with Gasteiger partial charge in [0.1, 0.15) is 0 Å². The Morgan fingerprint density at radius 2 is 1.89 bits per heavy atom. The number of nitrogens with zero attached hydrogens (tertiary/aromatic N) is 3. The fourth-order valence-electron chi connectivity index (χ4n) is 1.78. The molecule has 5 heteroatoms. The summed E-state index contributed by atoms with van der Waals surface area (Å²) in [5.41, 5.74) is 1.41. The van der Waals surface area contributed by atoms with E-state index >= 15 is 0 Å². The van der Waals surface area contributed by atoms with Crippen LogP contribution in [0.25, 0.3) is 16.7 Å². The minimum Gasteiger partial charge on any atom is -0.477 e. The second-order valence-corrected chi connectivity index (χ2v) is 3.81. The zero-order valence-electron chi connectivity index (χ0n) is 9.32. The van der Waals surface area contributed by atoms with Crippen LogP contribution in [0.1, 0.15) is 10.5 Å². The van der Waals surface area contributed by atoms with Crippen LogP contribution < -0.4 is 0 Å². The van der Waals surface area contributed by atoms with Crippen LogP contribution in [0.2, 0.25) is 0 Å². The third-order valence-corrected chi connectivity index (χ3v) is 2.64. The molecule has 0 fully saturated rings. The lowest BCUT2D eigenvalue weighted by atomic mass is 10.3. The third-order valence-electron chi connectivity index (χ3n) is 2.64. The molecule has 0 aliphatic heterocycles. The fraction of sp³-hybridized carbons (Fsp3) is 0. The maximum atomic E-state index is 10.9. The summed E-state index contributed by atoms with van der Waals surface area (Å²) in [6.45, 7) is 0. The number of pyridine rings is 1. The number of aromatic carboxylic acids is 1. The minimum absolute atomic E-state index is 0.0141. The SMILES string of the molecule is O=C(O)c1ccc2cnn(-c3ccccc3)c2n1. The van der Waals surface area contributed by atoms with Crippen molar-refractivity contribution in [1.29, 1.82) is 0 Å². The van der Waals surface area contributed by atoms with Gasteiger partial charge in [-0.25, -0.2) is 14.5 Å². The Balaban J connectivity index is 2.24. The first-order valence-electron chi connectivity index (χ1n) is 5.39. The molecule has 0 aliphatic rings. The molecule has 3 rings (SSSR count). The number of hydrogen-bond donors (Lipinski definition) is 1. The van der Waals surface area contributed by atoms with Crippen molar-refractivity contribution >= 4 is 17.0 Å². The molecule has 1 aromatic carbocycles. The summed E-state index contributed by atoms with van der Waals surface area (Å²) in [6.07, 6.45) is 1.67. The Morgan fingerprint density at radius 1 is 1.11 bits per heavy atom. The highest BCUT2D eigenvalue weighted by Gasteiger charge is 2.10. The van der Waals surface area contributed by atoms with E-state index in [2.05, 4.69) is 10.1 Å². The number of carboxylic acids is 1. The molecule has 18 heavy (non-hydrogen) atoms. The summed E-state index contributed by atoms with van der Waals surface area (Å²) in [7, 11) is 0. The van der Waals surface area contributed by atoms with Crippen molar-refractivity contribution in [1.82, 2.24) is 14.8 Å². The van der Waals surface area contributed by atoms with Crippen molar-refractivity contribution in [3.8, 4) is 5.69 Å². The molecular formula is C13H9N3O2. The van der Waals surface area contributed by atoms with Gasteiger partial charge in [-0.3, -0.25) is 0 Å². The van der Waals surface area contributed by atoms with E-state index in [-0.39, 0.29) is 5.69 Å². The summed E-state index contributed by atoms with van der Waals surface area (Å²) in [5, 5.41) is 14.0. The largest absolute Gasteiger partial charge is 0.477 e. The molecule has 0 bridgehead atoms. The summed E-state index contributed by atoms with van der Waals surface area (Å²) >= 11 is 0. The molecule has 0 saturated carbocycles. The number of fused-ring (bicyclic) bond motifs is 1. The predicted molar refractivity (Wildman–Crippen MR) is 65.8 cm³/mol. The van der Waals surface area contributed by atoms with Gasteiger partial charge in [0.25, 0.3) is 0 Å². The number of aromatic nitrogens is 3. The Morgan fingerprint density at radius 3 is 2.61 bits per heavy atom. The van der Waals surface area contributed by atoms with E-state index in [4.69, 9.17) is 5.11 Å². The summed E-state index contributed by atoms with van der Waals surface area (Å²) in [6, 6.07) is 12.7. The second-order valence-electron chi connectivity index (χ2n) is 3.81. The van der Waals surface area contributed by atoms with Gasteiger partial charge < -0.3 is 5.11 Å². The van der Waals surface area contributed by atoms with E-state index in [0.29, 0.717) is 5.65 Å².